The van der Waals surface area contributed by atoms with Gasteiger partial charge in [0.15, 0.2) is 0 Å². The van der Waals surface area contributed by atoms with Crippen molar-refractivity contribution < 1.29 is 14.4 Å². The van der Waals surface area contributed by atoms with Gasteiger partial charge in [0.1, 0.15) is 5.82 Å². The van der Waals surface area contributed by atoms with Crippen LogP contribution in [-0.4, -0.2) is 16.6 Å². The van der Waals surface area contributed by atoms with Crippen LogP contribution in [0, 0.1) is 15.9 Å². The molecule has 2 rings (SSSR count). The van der Waals surface area contributed by atoms with Crippen LogP contribution in [0.15, 0.2) is 48.5 Å². The van der Waals surface area contributed by atoms with Crippen molar-refractivity contribution >= 4 is 5.69 Å². The van der Waals surface area contributed by atoms with Crippen LogP contribution in [0.3, 0.4) is 0 Å². The highest BCUT2D eigenvalue weighted by Crippen LogP contribution is 2.14. The lowest BCUT2D eigenvalue weighted by Gasteiger charge is -2.12. The first-order valence-corrected chi connectivity index (χ1v) is 6.44. The minimum atomic E-state index is -0.807. The van der Waals surface area contributed by atoms with Gasteiger partial charge in [0.2, 0.25) is 0 Å². The quantitative estimate of drug-likeness (QED) is 0.633. The molecule has 0 spiro atoms. The van der Waals surface area contributed by atoms with E-state index in [1.165, 1.54) is 24.3 Å². The summed E-state index contributed by atoms with van der Waals surface area (Å²) in [6, 6.07) is 12.0. The molecule has 2 N–H and O–H groups in total. The van der Waals surface area contributed by atoms with Crippen molar-refractivity contribution in [2.45, 2.75) is 12.6 Å². The summed E-state index contributed by atoms with van der Waals surface area (Å²) >= 11 is 0. The minimum Gasteiger partial charge on any atom is -0.387 e. The molecular formula is C15H15FN2O3. The molecule has 0 aliphatic carbocycles. The average Bonchev–Trinajstić information content (AvgIpc) is 2.47. The SMILES string of the molecule is O=[N+]([O-])c1ccc(CNCC(O)c2cccc(F)c2)cc1. The van der Waals surface area contributed by atoms with Gasteiger partial charge in [-0.15, -0.1) is 0 Å². The van der Waals surface area contributed by atoms with Crippen molar-refractivity contribution in [1.82, 2.24) is 5.32 Å². The predicted molar refractivity (Wildman–Crippen MR) is 76.2 cm³/mol. The highest BCUT2D eigenvalue weighted by molar-refractivity contribution is 5.32. The monoisotopic (exact) mass is 290 g/mol. The zero-order chi connectivity index (χ0) is 15.2. The number of nitro benzene ring substituents is 1. The molecule has 0 bridgehead atoms. The van der Waals surface area contributed by atoms with Crippen LogP contribution in [0.25, 0.3) is 0 Å². The third-order valence-corrected chi connectivity index (χ3v) is 3.05. The van der Waals surface area contributed by atoms with Gasteiger partial charge in [-0.2, -0.15) is 0 Å². The smallest absolute Gasteiger partial charge is 0.269 e. The van der Waals surface area contributed by atoms with Gasteiger partial charge in [-0.25, -0.2) is 4.39 Å². The number of non-ortho nitro benzene ring substituents is 1. The fourth-order valence-corrected chi connectivity index (χ4v) is 1.92. The molecule has 0 heterocycles. The Balaban J connectivity index is 1.85. The van der Waals surface area contributed by atoms with Gasteiger partial charge >= 0.3 is 0 Å². The molecule has 0 amide bonds. The Bertz CT molecular complexity index is 617. The maximum Gasteiger partial charge on any atom is 0.269 e. The molecule has 0 aliphatic rings. The van der Waals surface area contributed by atoms with Crippen LogP contribution in [0.5, 0.6) is 0 Å². The first kappa shape index (κ1) is 15.1. The molecule has 0 fully saturated rings. The Labute approximate surface area is 121 Å². The van der Waals surface area contributed by atoms with Gasteiger partial charge in [-0.05, 0) is 23.3 Å². The van der Waals surface area contributed by atoms with Crippen molar-refractivity contribution in [2.24, 2.45) is 0 Å². The van der Waals surface area contributed by atoms with Gasteiger partial charge in [0.05, 0.1) is 11.0 Å². The number of benzene rings is 2. The van der Waals surface area contributed by atoms with E-state index in [2.05, 4.69) is 5.32 Å². The van der Waals surface area contributed by atoms with Crippen molar-refractivity contribution in [2.75, 3.05) is 6.54 Å². The van der Waals surface area contributed by atoms with Crippen LogP contribution >= 0.6 is 0 Å². The van der Waals surface area contributed by atoms with Crippen LogP contribution in [-0.2, 0) is 6.54 Å². The van der Waals surface area contributed by atoms with E-state index in [1.54, 1.807) is 24.3 Å². The first-order chi connectivity index (χ1) is 10.1. The Hall–Kier alpha value is -2.31. The van der Waals surface area contributed by atoms with Crippen LogP contribution < -0.4 is 5.32 Å². The van der Waals surface area contributed by atoms with E-state index in [4.69, 9.17) is 0 Å². The summed E-state index contributed by atoms with van der Waals surface area (Å²) < 4.78 is 13.0. The fourth-order valence-electron chi connectivity index (χ4n) is 1.92. The summed E-state index contributed by atoms with van der Waals surface area (Å²) in [6.07, 6.45) is -0.807. The van der Waals surface area contributed by atoms with Crippen molar-refractivity contribution in [3.63, 3.8) is 0 Å². The molecular weight excluding hydrogens is 275 g/mol. The topological polar surface area (TPSA) is 75.4 Å². The highest BCUT2D eigenvalue weighted by atomic mass is 19.1. The van der Waals surface area contributed by atoms with Gasteiger partial charge in [-0.1, -0.05) is 24.3 Å². The average molecular weight is 290 g/mol. The molecule has 6 heteroatoms. The summed E-state index contributed by atoms with van der Waals surface area (Å²) in [4.78, 5) is 10.1. The molecule has 0 saturated carbocycles. The number of aliphatic hydroxyl groups is 1. The molecule has 0 radical (unpaired) electrons. The maximum atomic E-state index is 13.0. The van der Waals surface area contributed by atoms with Crippen LogP contribution in [0.1, 0.15) is 17.2 Å². The molecule has 110 valence electrons. The number of aliphatic hydroxyl groups excluding tert-OH is 1. The van der Waals surface area contributed by atoms with E-state index >= 15 is 0 Å². The number of hydrogen-bond acceptors (Lipinski definition) is 4. The minimum absolute atomic E-state index is 0.0403. The molecule has 0 aromatic heterocycles. The standard InChI is InChI=1S/C15H15FN2O3/c16-13-3-1-2-12(8-13)15(19)10-17-9-11-4-6-14(7-5-11)18(20)21/h1-8,15,17,19H,9-10H2. The summed E-state index contributed by atoms with van der Waals surface area (Å²) in [5, 5.41) is 23.5. The number of rotatable bonds is 6. The van der Waals surface area contributed by atoms with Gasteiger partial charge < -0.3 is 10.4 Å². The third kappa shape index (κ3) is 4.34. The van der Waals surface area contributed by atoms with E-state index in [1.807, 2.05) is 0 Å². The number of halogens is 1. The largest absolute Gasteiger partial charge is 0.387 e. The summed E-state index contributed by atoms with van der Waals surface area (Å²) in [6.45, 7) is 0.727. The summed E-state index contributed by atoms with van der Waals surface area (Å²) in [5.41, 5.74) is 1.41. The Morgan fingerprint density at radius 2 is 1.95 bits per heavy atom. The first-order valence-electron chi connectivity index (χ1n) is 6.44. The van der Waals surface area contributed by atoms with Gasteiger partial charge in [0, 0.05) is 25.2 Å². The molecule has 21 heavy (non-hydrogen) atoms. The third-order valence-electron chi connectivity index (χ3n) is 3.05. The Kier molecular flexibility index (Phi) is 4.97. The summed E-state index contributed by atoms with van der Waals surface area (Å²) in [7, 11) is 0. The van der Waals surface area contributed by atoms with Crippen LogP contribution in [0.4, 0.5) is 10.1 Å². The zero-order valence-corrected chi connectivity index (χ0v) is 11.2. The molecule has 2 aromatic rings. The Morgan fingerprint density at radius 1 is 1.24 bits per heavy atom. The molecule has 5 nitrogen and oxygen atoms in total. The normalized spacial score (nSPS) is 12.1. The van der Waals surface area contributed by atoms with Crippen molar-refractivity contribution in [3.8, 4) is 0 Å². The molecule has 1 unspecified atom stereocenters. The highest BCUT2D eigenvalue weighted by Gasteiger charge is 2.08. The lowest BCUT2D eigenvalue weighted by atomic mass is 10.1. The van der Waals surface area contributed by atoms with E-state index in [0.717, 1.165) is 5.56 Å². The van der Waals surface area contributed by atoms with E-state index < -0.39 is 11.0 Å². The van der Waals surface area contributed by atoms with Crippen molar-refractivity contribution in [1.29, 1.82) is 0 Å². The number of nitrogens with zero attached hydrogens (tertiary/aromatic N) is 1. The maximum absolute atomic E-state index is 13.0. The molecule has 2 aromatic carbocycles. The molecule has 0 aliphatic heterocycles. The number of hydrogen-bond donors (Lipinski definition) is 2. The van der Waals surface area contributed by atoms with E-state index in [0.29, 0.717) is 12.1 Å². The lowest BCUT2D eigenvalue weighted by Crippen LogP contribution is -2.21. The second kappa shape index (κ2) is 6.92. The second-order valence-corrected chi connectivity index (χ2v) is 4.63. The predicted octanol–water partition coefficient (Wildman–Crippen LogP) is 2.56. The number of nitrogens with one attached hydrogen (secondary N) is 1. The van der Waals surface area contributed by atoms with Gasteiger partial charge in [0.25, 0.3) is 5.69 Å². The molecule has 0 saturated heterocycles. The summed E-state index contributed by atoms with van der Waals surface area (Å²) in [5.74, 6) is -0.387. The zero-order valence-electron chi connectivity index (χ0n) is 11.2. The lowest BCUT2D eigenvalue weighted by molar-refractivity contribution is -0.384. The van der Waals surface area contributed by atoms with E-state index in [-0.39, 0.29) is 18.0 Å². The second-order valence-electron chi connectivity index (χ2n) is 4.63. The van der Waals surface area contributed by atoms with Gasteiger partial charge in [-0.3, -0.25) is 10.1 Å². The fraction of sp³-hybridized carbons (Fsp3) is 0.200. The molecule has 1 atom stereocenters. The van der Waals surface area contributed by atoms with E-state index in [9.17, 15) is 19.6 Å². The van der Waals surface area contributed by atoms with Crippen LogP contribution in [0.2, 0.25) is 0 Å². The van der Waals surface area contributed by atoms with Crippen molar-refractivity contribution in [3.05, 3.63) is 75.6 Å². The number of nitro groups is 1. The Morgan fingerprint density at radius 3 is 2.57 bits per heavy atom.